The fourth-order valence-corrected chi connectivity index (χ4v) is 1.66. The van der Waals surface area contributed by atoms with Crippen molar-refractivity contribution in [2.75, 3.05) is 12.4 Å². The van der Waals surface area contributed by atoms with Crippen molar-refractivity contribution in [2.45, 2.75) is 11.9 Å². The predicted molar refractivity (Wildman–Crippen MR) is 52.7 cm³/mol. The number of carbonyl (C=O) groups is 1. The Morgan fingerprint density at radius 3 is 2.93 bits per heavy atom. The van der Waals surface area contributed by atoms with Crippen LogP contribution < -0.4 is 0 Å². The van der Waals surface area contributed by atoms with Gasteiger partial charge in [-0.05, 0) is 0 Å². The molecule has 0 spiro atoms. The second-order valence-corrected chi connectivity index (χ2v) is 3.87. The normalized spacial score (nSPS) is 12.7. The zero-order valence-electron chi connectivity index (χ0n) is 7.79. The van der Waals surface area contributed by atoms with E-state index in [9.17, 15) is 4.79 Å². The Bertz CT molecular complexity index is 327. The minimum Gasteiger partial charge on any atom is -0.476 e. The molecule has 0 fully saturated rings. The van der Waals surface area contributed by atoms with Gasteiger partial charge < -0.3 is 19.8 Å². The number of nitrogens with zero attached hydrogens (tertiary/aromatic N) is 1. The molecule has 1 unspecified atom stereocenters. The summed E-state index contributed by atoms with van der Waals surface area (Å²) in [6, 6.07) is 1.33. The number of aromatic carboxylic acids is 1. The maximum absolute atomic E-state index is 10.4. The summed E-state index contributed by atoms with van der Waals surface area (Å²) in [5, 5.41) is 29.4. The maximum atomic E-state index is 10.4. The van der Waals surface area contributed by atoms with Crippen LogP contribution in [-0.2, 0) is 5.75 Å². The molecule has 0 aromatic carbocycles. The highest BCUT2D eigenvalue weighted by atomic mass is 32.2. The number of aliphatic hydroxyl groups is 2. The fraction of sp³-hybridized carbons (Fsp3) is 0.500. The van der Waals surface area contributed by atoms with Crippen LogP contribution in [0.15, 0.2) is 10.6 Å². The molecule has 0 aliphatic heterocycles. The van der Waals surface area contributed by atoms with Gasteiger partial charge in [-0.2, -0.15) is 11.8 Å². The minimum atomic E-state index is -1.13. The number of carboxylic acids is 1. The molecule has 0 amide bonds. The molecule has 0 bridgehead atoms. The minimum absolute atomic E-state index is 0.131. The van der Waals surface area contributed by atoms with Crippen LogP contribution in [0, 0.1) is 0 Å². The van der Waals surface area contributed by atoms with Crippen LogP contribution in [0.2, 0.25) is 0 Å². The first-order chi connectivity index (χ1) is 7.13. The van der Waals surface area contributed by atoms with Gasteiger partial charge in [0, 0.05) is 11.8 Å². The quantitative estimate of drug-likeness (QED) is 0.633. The third kappa shape index (κ3) is 3.90. The third-order valence-corrected chi connectivity index (χ3v) is 2.65. The molecule has 7 heteroatoms. The molecule has 6 nitrogen and oxygen atoms in total. The van der Waals surface area contributed by atoms with Crippen LogP contribution in [0.25, 0.3) is 0 Å². The van der Waals surface area contributed by atoms with Crippen molar-refractivity contribution >= 4 is 17.7 Å². The van der Waals surface area contributed by atoms with E-state index >= 15 is 0 Å². The number of thioether (sulfide) groups is 1. The van der Waals surface area contributed by atoms with Gasteiger partial charge in [0.1, 0.15) is 5.76 Å². The van der Waals surface area contributed by atoms with Crippen LogP contribution in [0.5, 0.6) is 0 Å². The van der Waals surface area contributed by atoms with Crippen LogP contribution in [-0.4, -0.2) is 44.9 Å². The molecule has 0 aliphatic rings. The van der Waals surface area contributed by atoms with Crippen molar-refractivity contribution in [3.8, 4) is 0 Å². The van der Waals surface area contributed by atoms with E-state index in [-0.39, 0.29) is 12.3 Å². The molecule has 15 heavy (non-hydrogen) atoms. The number of aliphatic hydroxyl groups excluding tert-OH is 2. The highest BCUT2D eigenvalue weighted by Crippen LogP contribution is 2.14. The molecule has 84 valence electrons. The average molecular weight is 233 g/mol. The molecule has 1 heterocycles. The Morgan fingerprint density at radius 2 is 2.40 bits per heavy atom. The lowest BCUT2D eigenvalue weighted by Crippen LogP contribution is -2.14. The van der Waals surface area contributed by atoms with Crippen molar-refractivity contribution < 1.29 is 24.6 Å². The topological polar surface area (TPSA) is 104 Å². The summed E-state index contributed by atoms with van der Waals surface area (Å²) >= 11 is 1.33. The van der Waals surface area contributed by atoms with Gasteiger partial charge in [0.15, 0.2) is 5.69 Å². The zero-order valence-corrected chi connectivity index (χ0v) is 8.61. The average Bonchev–Trinajstić information content (AvgIpc) is 2.66. The second-order valence-electron chi connectivity index (χ2n) is 2.84. The van der Waals surface area contributed by atoms with E-state index in [1.807, 2.05) is 0 Å². The predicted octanol–water partition coefficient (Wildman–Crippen LogP) is -0.0408. The lowest BCUT2D eigenvalue weighted by Gasteiger charge is -2.03. The summed E-state index contributed by atoms with van der Waals surface area (Å²) in [4.78, 5) is 10.4. The Hall–Kier alpha value is -1.05. The van der Waals surface area contributed by atoms with Crippen molar-refractivity contribution in [3.05, 3.63) is 17.5 Å². The van der Waals surface area contributed by atoms with Gasteiger partial charge in [0.05, 0.1) is 18.5 Å². The summed E-state index contributed by atoms with van der Waals surface area (Å²) in [7, 11) is 0. The van der Waals surface area contributed by atoms with Crippen LogP contribution >= 0.6 is 11.8 Å². The van der Waals surface area contributed by atoms with Crippen molar-refractivity contribution in [2.24, 2.45) is 0 Å². The van der Waals surface area contributed by atoms with Gasteiger partial charge in [-0.3, -0.25) is 0 Å². The molecule has 0 radical (unpaired) electrons. The Kier molecular flexibility index (Phi) is 4.60. The molecular weight excluding hydrogens is 222 g/mol. The molecule has 0 saturated carbocycles. The number of hydrogen-bond acceptors (Lipinski definition) is 6. The highest BCUT2D eigenvalue weighted by molar-refractivity contribution is 7.98. The maximum Gasteiger partial charge on any atom is 0.358 e. The number of rotatable bonds is 6. The van der Waals surface area contributed by atoms with E-state index in [0.29, 0.717) is 17.3 Å². The van der Waals surface area contributed by atoms with E-state index < -0.39 is 12.1 Å². The first kappa shape index (κ1) is 12.0. The lowest BCUT2D eigenvalue weighted by molar-refractivity contribution is 0.0685. The molecule has 0 aliphatic carbocycles. The Balaban J connectivity index is 2.35. The standard InChI is InChI=1S/C8H11NO5S/c10-2-5(11)3-15-4-6-1-7(8(12)13)9-14-6/h1,5,10-11H,2-4H2,(H,12,13). The van der Waals surface area contributed by atoms with Gasteiger partial charge >= 0.3 is 5.97 Å². The van der Waals surface area contributed by atoms with Gasteiger partial charge in [0.2, 0.25) is 0 Å². The van der Waals surface area contributed by atoms with E-state index in [4.69, 9.17) is 19.8 Å². The summed E-state index contributed by atoms with van der Waals surface area (Å²) in [5.74, 6) is 0.0738. The van der Waals surface area contributed by atoms with Crippen LogP contribution in [0.1, 0.15) is 16.2 Å². The third-order valence-electron chi connectivity index (χ3n) is 1.54. The number of carboxylic acid groups (broad SMARTS) is 1. The lowest BCUT2D eigenvalue weighted by atomic mass is 10.4. The second kappa shape index (κ2) is 5.74. The number of aromatic nitrogens is 1. The zero-order chi connectivity index (χ0) is 11.3. The van der Waals surface area contributed by atoms with E-state index in [1.54, 1.807) is 0 Å². The van der Waals surface area contributed by atoms with Crippen LogP contribution in [0.4, 0.5) is 0 Å². The molecular formula is C8H11NO5S. The van der Waals surface area contributed by atoms with Gasteiger partial charge in [-0.25, -0.2) is 4.79 Å². The first-order valence-electron chi connectivity index (χ1n) is 4.19. The molecule has 0 saturated heterocycles. The first-order valence-corrected chi connectivity index (χ1v) is 5.34. The summed E-state index contributed by atoms with van der Waals surface area (Å²) in [6.07, 6.45) is -0.767. The van der Waals surface area contributed by atoms with Crippen molar-refractivity contribution in [1.29, 1.82) is 0 Å². The van der Waals surface area contributed by atoms with Crippen molar-refractivity contribution in [1.82, 2.24) is 5.16 Å². The summed E-state index contributed by atoms with van der Waals surface area (Å²) in [6.45, 7) is -0.288. The fourth-order valence-electron chi connectivity index (χ4n) is 0.830. The summed E-state index contributed by atoms with van der Waals surface area (Å²) < 4.78 is 4.75. The molecule has 1 aromatic heterocycles. The van der Waals surface area contributed by atoms with E-state index in [2.05, 4.69) is 5.16 Å². The monoisotopic (exact) mass is 233 g/mol. The Labute approximate surface area is 89.9 Å². The Morgan fingerprint density at radius 1 is 1.67 bits per heavy atom. The van der Waals surface area contributed by atoms with Crippen LogP contribution in [0.3, 0.4) is 0 Å². The largest absolute Gasteiger partial charge is 0.476 e. The summed E-state index contributed by atoms with van der Waals surface area (Å²) in [5.41, 5.74) is -0.131. The van der Waals surface area contributed by atoms with Gasteiger partial charge in [-0.15, -0.1) is 0 Å². The SMILES string of the molecule is O=C(O)c1cc(CSCC(O)CO)on1. The molecule has 1 atom stereocenters. The van der Waals surface area contributed by atoms with E-state index in [0.717, 1.165) is 0 Å². The number of hydrogen-bond donors (Lipinski definition) is 3. The molecule has 1 aromatic rings. The highest BCUT2D eigenvalue weighted by Gasteiger charge is 2.11. The smallest absolute Gasteiger partial charge is 0.358 e. The molecule has 3 N–H and O–H groups in total. The molecule has 1 rings (SSSR count). The van der Waals surface area contributed by atoms with Gasteiger partial charge in [-0.1, -0.05) is 5.16 Å². The van der Waals surface area contributed by atoms with Crippen molar-refractivity contribution in [3.63, 3.8) is 0 Å². The van der Waals surface area contributed by atoms with E-state index in [1.165, 1.54) is 17.8 Å². The van der Waals surface area contributed by atoms with Gasteiger partial charge in [0.25, 0.3) is 0 Å².